The number of carboxylic acids is 1. The first kappa shape index (κ1) is 14.3. The van der Waals surface area contributed by atoms with E-state index >= 15 is 0 Å². The van der Waals surface area contributed by atoms with E-state index in [9.17, 15) is 14.4 Å². The summed E-state index contributed by atoms with van der Waals surface area (Å²) in [5.74, 6) is -1.22. The normalized spacial score (nSPS) is 14.8. The SMILES string of the molecule is CC(C)(NC(=O)NCCC(=O)NC1CC1)C(=O)O. The van der Waals surface area contributed by atoms with E-state index in [0.717, 1.165) is 12.8 Å². The number of carboxylic acid groups (broad SMARTS) is 1. The zero-order chi connectivity index (χ0) is 13.8. The predicted octanol–water partition coefficient (Wildman–Crippen LogP) is -0.182. The van der Waals surface area contributed by atoms with Crippen molar-refractivity contribution < 1.29 is 19.5 Å². The van der Waals surface area contributed by atoms with Crippen LogP contribution in [0.15, 0.2) is 0 Å². The van der Waals surface area contributed by atoms with Crippen molar-refractivity contribution >= 4 is 17.9 Å². The van der Waals surface area contributed by atoms with Crippen LogP contribution in [0.5, 0.6) is 0 Å². The molecule has 1 aliphatic carbocycles. The number of rotatable bonds is 6. The monoisotopic (exact) mass is 257 g/mol. The van der Waals surface area contributed by atoms with E-state index < -0.39 is 17.5 Å². The molecule has 1 fully saturated rings. The Kier molecular flexibility index (Phi) is 4.52. The van der Waals surface area contributed by atoms with Gasteiger partial charge in [0.2, 0.25) is 5.91 Å². The molecule has 0 aromatic heterocycles. The van der Waals surface area contributed by atoms with Crippen molar-refractivity contribution in [2.75, 3.05) is 6.54 Å². The minimum Gasteiger partial charge on any atom is -0.480 e. The molecular formula is C11H19N3O4. The highest BCUT2D eigenvalue weighted by molar-refractivity contribution is 5.85. The second-order valence-corrected chi connectivity index (χ2v) is 4.90. The highest BCUT2D eigenvalue weighted by Gasteiger charge is 2.28. The van der Waals surface area contributed by atoms with Gasteiger partial charge in [-0.15, -0.1) is 0 Å². The summed E-state index contributed by atoms with van der Waals surface area (Å²) in [6, 6.07) is -0.293. The van der Waals surface area contributed by atoms with Crippen LogP contribution >= 0.6 is 0 Å². The molecule has 7 heteroatoms. The Hall–Kier alpha value is -1.79. The molecule has 102 valence electrons. The summed E-state index contributed by atoms with van der Waals surface area (Å²) in [5, 5.41) is 16.3. The molecule has 7 nitrogen and oxygen atoms in total. The Morgan fingerprint density at radius 1 is 1.28 bits per heavy atom. The van der Waals surface area contributed by atoms with Crippen LogP contribution < -0.4 is 16.0 Å². The van der Waals surface area contributed by atoms with Crippen LogP contribution in [-0.4, -0.2) is 41.1 Å². The first-order chi connectivity index (χ1) is 8.31. The lowest BCUT2D eigenvalue weighted by atomic mass is 10.1. The molecule has 1 aliphatic rings. The zero-order valence-electron chi connectivity index (χ0n) is 10.6. The molecular weight excluding hydrogens is 238 g/mol. The second-order valence-electron chi connectivity index (χ2n) is 4.90. The van der Waals surface area contributed by atoms with Crippen molar-refractivity contribution in [1.82, 2.24) is 16.0 Å². The van der Waals surface area contributed by atoms with Crippen molar-refractivity contribution in [2.45, 2.75) is 44.7 Å². The average molecular weight is 257 g/mol. The molecule has 0 aromatic rings. The smallest absolute Gasteiger partial charge is 0.328 e. The van der Waals surface area contributed by atoms with Gasteiger partial charge < -0.3 is 21.1 Å². The van der Waals surface area contributed by atoms with Crippen LogP contribution in [0.25, 0.3) is 0 Å². The number of carbonyl (C=O) groups is 3. The maximum Gasteiger partial charge on any atom is 0.328 e. The molecule has 1 rings (SSSR count). The van der Waals surface area contributed by atoms with E-state index in [1.165, 1.54) is 13.8 Å². The first-order valence-corrected chi connectivity index (χ1v) is 5.90. The molecule has 0 spiro atoms. The number of urea groups is 1. The molecule has 4 N–H and O–H groups in total. The molecule has 0 saturated heterocycles. The van der Waals surface area contributed by atoms with Gasteiger partial charge in [-0.05, 0) is 26.7 Å². The second kappa shape index (κ2) is 5.70. The lowest BCUT2D eigenvalue weighted by Gasteiger charge is -2.21. The Morgan fingerprint density at radius 3 is 2.39 bits per heavy atom. The molecule has 3 amide bonds. The van der Waals surface area contributed by atoms with Gasteiger partial charge >= 0.3 is 12.0 Å². The van der Waals surface area contributed by atoms with Crippen molar-refractivity contribution in [3.05, 3.63) is 0 Å². The molecule has 0 aliphatic heterocycles. The topological polar surface area (TPSA) is 108 Å². The fourth-order valence-corrected chi connectivity index (χ4v) is 1.20. The first-order valence-electron chi connectivity index (χ1n) is 5.90. The average Bonchev–Trinajstić information content (AvgIpc) is 3.00. The summed E-state index contributed by atoms with van der Waals surface area (Å²) in [5.41, 5.74) is -1.33. The summed E-state index contributed by atoms with van der Waals surface area (Å²) in [4.78, 5) is 33.4. The molecule has 0 aromatic carbocycles. The van der Waals surface area contributed by atoms with Crippen LogP contribution in [0, 0.1) is 0 Å². The number of carbonyl (C=O) groups excluding carboxylic acids is 2. The fraction of sp³-hybridized carbons (Fsp3) is 0.727. The summed E-state index contributed by atoms with van der Waals surface area (Å²) < 4.78 is 0. The predicted molar refractivity (Wildman–Crippen MR) is 64.0 cm³/mol. The largest absolute Gasteiger partial charge is 0.480 e. The lowest BCUT2D eigenvalue weighted by molar-refractivity contribution is -0.142. The van der Waals surface area contributed by atoms with Gasteiger partial charge in [0.05, 0.1) is 0 Å². The van der Waals surface area contributed by atoms with Crippen LogP contribution in [0.2, 0.25) is 0 Å². The van der Waals surface area contributed by atoms with Crippen LogP contribution in [-0.2, 0) is 9.59 Å². The summed E-state index contributed by atoms with van der Waals surface area (Å²) >= 11 is 0. The zero-order valence-corrected chi connectivity index (χ0v) is 10.6. The number of nitrogens with one attached hydrogen (secondary N) is 3. The van der Waals surface area contributed by atoms with Gasteiger partial charge in [-0.1, -0.05) is 0 Å². The lowest BCUT2D eigenvalue weighted by Crippen LogP contribution is -2.53. The number of aliphatic carboxylic acids is 1. The van der Waals surface area contributed by atoms with Gasteiger partial charge in [0.1, 0.15) is 5.54 Å². The Labute approximate surface area is 105 Å². The molecule has 0 atom stereocenters. The quantitative estimate of drug-likeness (QED) is 0.529. The number of hydrogen-bond acceptors (Lipinski definition) is 3. The summed E-state index contributed by atoms with van der Waals surface area (Å²) in [7, 11) is 0. The van der Waals surface area contributed by atoms with E-state index in [1.807, 2.05) is 0 Å². The van der Waals surface area contributed by atoms with Gasteiger partial charge in [-0.3, -0.25) is 4.79 Å². The van der Waals surface area contributed by atoms with Gasteiger partial charge in [-0.2, -0.15) is 0 Å². The fourth-order valence-electron chi connectivity index (χ4n) is 1.20. The molecule has 1 saturated carbocycles. The highest BCUT2D eigenvalue weighted by atomic mass is 16.4. The molecule has 0 unspecified atom stereocenters. The number of amides is 3. The molecule has 0 bridgehead atoms. The maximum absolute atomic E-state index is 11.4. The third-order valence-corrected chi connectivity index (χ3v) is 2.54. The maximum atomic E-state index is 11.4. The van der Waals surface area contributed by atoms with Crippen LogP contribution in [0.1, 0.15) is 33.1 Å². The minimum atomic E-state index is -1.33. The Bertz CT molecular complexity index is 350. The van der Waals surface area contributed by atoms with E-state index in [1.54, 1.807) is 0 Å². The van der Waals surface area contributed by atoms with Gasteiger partial charge in [-0.25, -0.2) is 9.59 Å². The van der Waals surface area contributed by atoms with Crippen LogP contribution in [0.4, 0.5) is 4.79 Å². The van der Waals surface area contributed by atoms with E-state index in [-0.39, 0.29) is 18.9 Å². The van der Waals surface area contributed by atoms with Gasteiger partial charge in [0.25, 0.3) is 0 Å². The molecule has 0 heterocycles. The van der Waals surface area contributed by atoms with Crippen molar-refractivity contribution in [2.24, 2.45) is 0 Å². The van der Waals surface area contributed by atoms with Crippen molar-refractivity contribution in [3.63, 3.8) is 0 Å². The number of hydrogen-bond donors (Lipinski definition) is 4. The van der Waals surface area contributed by atoms with E-state index in [0.29, 0.717) is 6.04 Å². The Morgan fingerprint density at radius 2 is 1.89 bits per heavy atom. The van der Waals surface area contributed by atoms with Gasteiger partial charge in [0.15, 0.2) is 0 Å². The molecule has 0 radical (unpaired) electrons. The summed E-state index contributed by atoms with van der Waals surface area (Å²) in [6.07, 6.45) is 2.23. The highest BCUT2D eigenvalue weighted by Crippen LogP contribution is 2.18. The van der Waals surface area contributed by atoms with Crippen LogP contribution in [0.3, 0.4) is 0 Å². The third-order valence-electron chi connectivity index (χ3n) is 2.54. The molecule has 18 heavy (non-hydrogen) atoms. The van der Waals surface area contributed by atoms with Crippen molar-refractivity contribution in [3.8, 4) is 0 Å². The third kappa shape index (κ3) is 5.03. The van der Waals surface area contributed by atoms with Crippen molar-refractivity contribution in [1.29, 1.82) is 0 Å². The van der Waals surface area contributed by atoms with E-state index in [2.05, 4.69) is 16.0 Å². The van der Waals surface area contributed by atoms with E-state index in [4.69, 9.17) is 5.11 Å². The standard InChI is InChI=1S/C11H19N3O4/c1-11(2,9(16)17)14-10(18)12-6-5-8(15)13-7-3-4-7/h7H,3-6H2,1-2H3,(H,13,15)(H,16,17)(H2,12,14,18). The Balaban J connectivity index is 2.16. The van der Waals surface area contributed by atoms with Gasteiger partial charge in [0, 0.05) is 19.0 Å². The minimum absolute atomic E-state index is 0.102. The summed E-state index contributed by atoms with van der Waals surface area (Å²) in [6.45, 7) is 2.95.